The Hall–Kier alpha value is -2.53. The van der Waals surface area contributed by atoms with Gasteiger partial charge < -0.3 is 20.1 Å². The first-order valence-electron chi connectivity index (χ1n) is 6.91. The third kappa shape index (κ3) is 2.10. The highest BCUT2D eigenvalue weighted by atomic mass is 16.5. The van der Waals surface area contributed by atoms with Gasteiger partial charge in [0.2, 0.25) is 0 Å². The van der Waals surface area contributed by atoms with Crippen LogP contribution in [-0.4, -0.2) is 27.2 Å². The van der Waals surface area contributed by atoms with Crippen molar-refractivity contribution in [2.24, 2.45) is 0 Å². The summed E-state index contributed by atoms with van der Waals surface area (Å²) >= 11 is 0. The fourth-order valence-electron chi connectivity index (χ4n) is 2.59. The maximum Gasteiger partial charge on any atom is 0.199 e. The highest BCUT2D eigenvalue weighted by Crippen LogP contribution is 2.41. The Kier molecular flexibility index (Phi) is 3.30. The Morgan fingerprint density at radius 1 is 1.09 bits per heavy atom. The minimum atomic E-state index is -1.44. The zero-order chi connectivity index (χ0) is 16.0. The van der Waals surface area contributed by atoms with E-state index < -0.39 is 23.7 Å². The molecule has 0 fully saturated rings. The first kappa shape index (κ1) is 14.4. The van der Waals surface area contributed by atoms with Gasteiger partial charge in [0.25, 0.3) is 0 Å². The summed E-state index contributed by atoms with van der Waals surface area (Å²) in [5, 5.41) is 29.8. The van der Waals surface area contributed by atoms with E-state index in [1.54, 1.807) is 12.1 Å². The minimum Gasteiger partial charge on any atom is -0.504 e. The van der Waals surface area contributed by atoms with E-state index in [9.17, 15) is 20.1 Å². The van der Waals surface area contributed by atoms with E-state index in [2.05, 4.69) is 0 Å². The third-order valence-corrected chi connectivity index (χ3v) is 4.02. The van der Waals surface area contributed by atoms with E-state index in [4.69, 9.17) is 4.74 Å². The molecule has 0 bridgehead atoms. The summed E-state index contributed by atoms with van der Waals surface area (Å²) in [4.78, 5) is 12.4. The van der Waals surface area contributed by atoms with Gasteiger partial charge in [0, 0.05) is 5.56 Å². The molecule has 0 amide bonds. The van der Waals surface area contributed by atoms with Crippen LogP contribution in [0.4, 0.5) is 0 Å². The van der Waals surface area contributed by atoms with E-state index in [0.717, 1.165) is 11.1 Å². The molecule has 2 unspecified atom stereocenters. The SMILES string of the molecule is Cc1cc2c(cc1C)C(=O)C(O)C(c1cccc(O)c1O)O2. The largest absolute Gasteiger partial charge is 0.504 e. The molecule has 3 N–H and O–H groups in total. The zero-order valence-electron chi connectivity index (χ0n) is 12.2. The Bertz CT molecular complexity index is 766. The molecule has 0 aliphatic carbocycles. The molecule has 0 aromatic heterocycles. The van der Waals surface area contributed by atoms with Crippen molar-refractivity contribution in [1.82, 2.24) is 0 Å². The minimum absolute atomic E-state index is 0.171. The van der Waals surface area contributed by atoms with E-state index >= 15 is 0 Å². The van der Waals surface area contributed by atoms with Gasteiger partial charge in [0.1, 0.15) is 5.75 Å². The van der Waals surface area contributed by atoms with Crippen molar-refractivity contribution in [2.75, 3.05) is 0 Å². The lowest BCUT2D eigenvalue weighted by Crippen LogP contribution is -2.36. The first-order chi connectivity index (χ1) is 10.4. The second kappa shape index (κ2) is 5.03. The number of aliphatic hydroxyl groups excluding tert-OH is 1. The maximum absolute atomic E-state index is 12.4. The van der Waals surface area contributed by atoms with Crippen LogP contribution in [-0.2, 0) is 0 Å². The lowest BCUT2D eigenvalue weighted by atomic mass is 9.91. The van der Waals surface area contributed by atoms with Gasteiger partial charge in [-0.25, -0.2) is 0 Å². The summed E-state index contributed by atoms with van der Waals surface area (Å²) < 4.78 is 5.73. The Labute approximate surface area is 127 Å². The van der Waals surface area contributed by atoms with Gasteiger partial charge >= 0.3 is 0 Å². The van der Waals surface area contributed by atoms with Gasteiger partial charge in [0.05, 0.1) is 5.56 Å². The molecule has 0 radical (unpaired) electrons. The summed E-state index contributed by atoms with van der Waals surface area (Å²) in [5.41, 5.74) is 2.39. The van der Waals surface area contributed by atoms with E-state index in [1.807, 2.05) is 13.8 Å². The van der Waals surface area contributed by atoms with Crippen molar-refractivity contribution in [3.05, 3.63) is 52.6 Å². The lowest BCUT2D eigenvalue weighted by Gasteiger charge is -2.30. The van der Waals surface area contributed by atoms with Gasteiger partial charge in [-0.1, -0.05) is 12.1 Å². The number of hydrogen-bond acceptors (Lipinski definition) is 5. The summed E-state index contributed by atoms with van der Waals surface area (Å²) in [5.74, 6) is -0.818. The molecule has 5 heteroatoms. The molecule has 0 spiro atoms. The average Bonchev–Trinajstić information content (AvgIpc) is 2.48. The van der Waals surface area contributed by atoms with Crippen LogP contribution in [0, 0.1) is 13.8 Å². The molecule has 1 heterocycles. The summed E-state index contributed by atoms with van der Waals surface area (Å²) in [6.45, 7) is 3.78. The Morgan fingerprint density at radius 3 is 2.50 bits per heavy atom. The van der Waals surface area contributed by atoms with E-state index in [1.165, 1.54) is 18.2 Å². The molecule has 0 saturated heterocycles. The number of fused-ring (bicyclic) bond motifs is 1. The second-order valence-electron chi connectivity index (χ2n) is 5.50. The van der Waals surface area contributed by atoms with Crippen LogP contribution >= 0.6 is 0 Å². The van der Waals surface area contributed by atoms with Gasteiger partial charge in [-0.15, -0.1) is 0 Å². The number of carbonyl (C=O) groups is 1. The molecule has 1 aliphatic rings. The molecular weight excluding hydrogens is 284 g/mol. The van der Waals surface area contributed by atoms with Crippen LogP contribution in [0.25, 0.3) is 0 Å². The van der Waals surface area contributed by atoms with Crippen molar-refractivity contribution < 1.29 is 24.9 Å². The van der Waals surface area contributed by atoms with Gasteiger partial charge in [-0.2, -0.15) is 0 Å². The molecule has 22 heavy (non-hydrogen) atoms. The highest BCUT2D eigenvalue weighted by molar-refractivity contribution is 6.03. The standard InChI is InChI=1S/C17H16O5/c1-8-6-11-13(7-9(8)2)22-17(16(21)15(11)20)10-4-3-5-12(18)14(10)19/h3-7,16-19,21H,1-2H3. The van der Waals surface area contributed by atoms with Crippen molar-refractivity contribution in [3.63, 3.8) is 0 Å². The molecule has 2 aromatic carbocycles. The number of para-hydroxylation sites is 1. The number of aryl methyl sites for hydroxylation is 2. The first-order valence-corrected chi connectivity index (χ1v) is 6.91. The molecule has 1 aliphatic heterocycles. The van der Waals surface area contributed by atoms with Crippen LogP contribution in [0.1, 0.15) is 33.2 Å². The summed E-state index contributed by atoms with van der Waals surface area (Å²) in [6.07, 6.45) is -2.50. The monoisotopic (exact) mass is 300 g/mol. The Balaban J connectivity index is 2.11. The predicted molar refractivity (Wildman–Crippen MR) is 79.4 cm³/mol. The lowest BCUT2D eigenvalue weighted by molar-refractivity contribution is 0.0207. The number of phenols is 2. The number of rotatable bonds is 1. The quantitative estimate of drug-likeness (QED) is 0.704. The van der Waals surface area contributed by atoms with Crippen LogP contribution in [0.3, 0.4) is 0 Å². The fraction of sp³-hybridized carbons (Fsp3) is 0.235. The molecule has 2 aromatic rings. The number of ether oxygens (including phenoxy) is 1. The smallest absolute Gasteiger partial charge is 0.199 e. The van der Waals surface area contributed by atoms with Gasteiger partial charge in [0.15, 0.2) is 29.5 Å². The number of hydrogen-bond donors (Lipinski definition) is 3. The Morgan fingerprint density at radius 2 is 1.77 bits per heavy atom. The third-order valence-electron chi connectivity index (χ3n) is 4.02. The van der Waals surface area contributed by atoms with Crippen molar-refractivity contribution in [1.29, 1.82) is 0 Å². The topological polar surface area (TPSA) is 87.0 Å². The number of benzene rings is 2. The highest BCUT2D eigenvalue weighted by Gasteiger charge is 2.38. The fourth-order valence-corrected chi connectivity index (χ4v) is 2.59. The van der Waals surface area contributed by atoms with Crippen LogP contribution < -0.4 is 4.74 Å². The average molecular weight is 300 g/mol. The second-order valence-corrected chi connectivity index (χ2v) is 5.50. The number of aromatic hydroxyl groups is 2. The van der Waals surface area contributed by atoms with E-state index in [0.29, 0.717) is 11.3 Å². The summed E-state index contributed by atoms with van der Waals surface area (Å²) in [7, 11) is 0. The molecule has 5 nitrogen and oxygen atoms in total. The van der Waals surface area contributed by atoms with Crippen LogP contribution in [0.15, 0.2) is 30.3 Å². The molecule has 114 valence electrons. The zero-order valence-corrected chi connectivity index (χ0v) is 12.2. The van der Waals surface area contributed by atoms with Gasteiger partial charge in [-0.05, 0) is 43.2 Å². The predicted octanol–water partition coefficient (Wildman–Crippen LogP) is 2.39. The molecule has 2 atom stereocenters. The number of carbonyl (C=O) groups excluding carboxylic acids is 1. The normalized spacial score (nSPS) is 20.4. The number of Topliss-reactive ketones (excluding diaryl/α,β-unsaturated/α-hetero) is 1. The molecule has 0 saturated carbocycles. The number of phenolic OH excluding ortho intramolecular Hbond substituents is 2. The number of aliphatic hydroxyl groups is 1. The van der Waals surface area contributed by atoms with Crippen LogP contribution in [0.2, 0.25) is 0 Å². The van der Waals surface area contributed by atoms with Crippen molar-refractivity contribution in [2.45, 2.75) is 26.1 Å². The van der Waals surface area contributed by atoms with Crippen molar-refractivity contribution >= 4 is 5.78 Å². The maximum atomic E-state index is 12.4. The van der Waals surface area contributed by atoms with Crippen molar-refractivity contribution in [3.8, 4) is 17.2 Å². The van der Waals surface area contributed by atoms with E-state index in [-0.39, 0.29) is 11.3 Å². The molecular formula is C17H16O5. The number of ketones is 1. The van der Waals surface area contributed by atoms with Crippen LogP contribution in [0.5, 0.6) is 17.2 Å². The molecule has 3 rings (SSSR count). The van der Waals surface area contributed by atoms with Gasteiger partial charge in [-0.3, -0.25) is 4.79 Å². The summed E-state index contributed by atoms with van der Waals surface area (Å²) in [6, 6.07) is 7.76.